The zero-order chi connectivity index (χ0) is 23.9. The second-order valence-corrected chi connectivity index (χ2v) is 9.63. The molecule has 3 heterocycles. The summed E-state index contributed by atoms with van der Waals surface area (Å²) < 4.78 is 7.83. The summed E-state index contributed by atoms with van der Waals surface area (Å²) in [5.74, 6) is 1.61. The molecular weight excluding hydrogens is 462 g/mol. The minimum absolute atomic E-state index is 0.0597. The third kappa shape index (κ3) is 4.58. The average Bonchev–Trinajstić information content (AvgIpc) is 3.78. The first kappa shape index (κ1) is 21.6. The van der Waals surface area contributed by atoms with Crippen LogP contribution in [0.25, 0.3) is 5.65 Å². The van der Waals surface area contributed by atoms with Crippen LogP contribution in [0.2, 0.25) is 5.02 Å². The van der Waals surface area contributed by atoms with E-state index in [0.717, 1.165) is 17.7 Å². The third-order valence-electron chi connectivity index (χ3n) is 6.56. The number of amides is 1. The van der Waals surface area contributed by atoms with Gasteiger partial charge in [0.2, 0.25) is 5.91 Å². The number of imidazole rings is 1. The smallest absolute Gasteiger partial charge is 0.229 e. The van der Waals surface area contributed by atoms with Crippen LogP contribution in [0.1, 0.15) is 53.5 Å². The molecule has 0 spiro atoms. The number of nitrogens with one attached hydrogen (secondary N) is 1. The number of rotatable bonds is 7. The van der Waals surface area contributed by atoms with Gasteiger partial charge in [0.1, 0.15) is 24.2 Å². The van der Waals surface area contributed by atoms with E-state index in [0.29, 0.717) is 33.7 Å². The number of fused-ring (bicyclic) bond motifs is 1. The van der Waals surface area contributed by atoms with Crippen LogP contribution in [0, 0.1) is 17.2 Å². The molecule has 3 aromatic heterocycles. The van der Waals surface area contributed by atoms with Crippen LogP contribution in [0.3, 0.4) is 0 Å². The third-order valence-corrected chi connectivity index (χ3v) is 6.80. The first-order chi connectivity index (χ1) is 17.1. The summed E-state index contributed by atoms with van der Waals surface area (Å²) in [6.45, 7) is 0.238. The van der Waals surface area contributed by atoms with Gasteiger partial charge >= 0.3 is 0 Å². The number of nitrogens with zero attached hydrogens (tertiary/aromatic N) is 4. The fraction of sp³-hybridized carbons (Fsp3) is 0.259. The highest BCUT2D eigenvalue weighted by Crippen LogP contribution is 2.48. The Morgan fingerprint density at radius 2 is 2.09 bits per heavy atom. The topological polar surface area (TPSA) is 92.3 Å². The minimum Gasteiger partial charge on any atom is -0.487 e. The van der Waals surface area contributed by atoms with Crippen molar-refractivity contribution >= 4 is 29.0 Å². The van der Waals surface area contributed by atoms with Crippen LogP contribution in [-0.4, -0.2) is 20.3 Å². The van der Waals surface area contributed by atoms with Gasteiger partial charge in [-0.15, -0.1) is 0 Å². The molecular formula is C27H22ClN5O2. The number of ether oxygens (including phenoxy) is 1. The number of carbonyl (C=O) groups is 1. The van der Waals surface area contributed by atoms with Gasteiger partial charge in [-0.25, -0.2) is 9.97 Å². The number of nitriles is 1. The molecule has 2 fully saturated rings. The zero-order valence-electron chi connectivity index (χ0n) is 18.8. The van der Waals surface area contributed by atoms with E-state index in [1.807, 2.05) is 40.9 Å². The molecule has 8 heteroatoms. The second-order valence-electron chi connectivity index (χ2n) is 9.19. The Hall–Kier alpha value is -3.89. The summed E-state index contributed by atoms with van der Waals surface area (Å²) in [7, 11) is 0. The van der Waals surface area contributed by atoms with E-state index in [-0.39, 0.29) is 24.3 Å². The van der Waals surface area contributed by atoms with E-state index in [4.69, 9.17) is 16.3 Å². The second kappa shape index (κ2) is 8.71. The fourth-order valence-corrected chi connectivity index (χ4v) is 4.70. The highest BCUT2D eigenvalue weighted by atomic mass is 35.5. The van der Waals surface area contributed by atoms with Gasteiger partial charge in [-0.1, -0.05) is 23.7 Å². The van der Waals surface area contributed by atoms with Crippen LogP contribution in [-0.2, 0) is 11.4 Å². The molecule has 4 aromatic rings. The number of halogens is 1. The van der Waals surface area contributed by atoms with Gasteiger partial charge in [0.15, 0.2) is 5.65 Å². The maximum Gasteiger partial charge on any atom is 0.229 e. The lowest BCUT2D eigenvalue weighted by molar-refractivity contribution is -0.117. The number of anilines is 1. The van der Waals surface area contributed by atoms with Crippen LogP contribution < -0.4 is 10.1 Å². The van der Waals surface area contributed by atoms with Crippen molar-refractivity contribution in [3.63, 3.8) is 0 Å². The highest BCUT2D eigenvalue weighted by Gasteiger charge is 2.44. The summed E-state index contributed by atoms with van der Waals surface area (Å²) in [6, 6.07) is 15.3. The van der Waals surface area contributed by atoms with Crippen molar-refractivity contribution in [3.05, 3.63) is 88.5 Å². The molecule has 174 valence electrons. The van der Waals surface area contributed by atoms with Gasteiger partial charge in [-0.2, -0.15) is 5.26 Å². The van der Waals surface area contributed by atoms with Crippen molar-refractivity contribution in [2.45, 2.75) is 37.7 Å². The molecule has 0 aliphatic heterocycles. The monoisotopic (exact) mass is 483 g/mol. The molecule has 35 heavy (non-hydrogen) atoms. The van der Waals surface area contributed by atoms with Crippen molar-refractivity contribution < 1.29 is 9.53 Å². The quantitative estimate of drug-likeness (QED) is 0.377. The van der Waals surface area contributed by atoms with Crippen LogP contribution in [0.15, 0.2) is 61.1 Å². The molecule has 0 radical (unpaired) electrons. The molecule has 2 aliphatic rings. The molecule has 0 saturated heterocycles. The summed E-state index contributed by atoms with van der Waals surface area (Å²) in [6.07, 6.45) is 8.69. The van der Waals surface area contributed by atoms with Crippen molar-refractivity contribution in [3.8, 4) is 11.8 Å². The van der Waals surface area contributed by atoms with Gasteiger partial charge < -0.3 is 14.5 Å². The van der Waals surface area contributed by atoms with E-state index in [9.17, 15) is 10.1 Å². The maximum atomic E-state index is 12.7. The number of aromatic nitrogens is 3. The summed E-state index contributed by atoms with van der Waals surface area (Å²) in [5, 5.41) is 13.1. The summed E-state index contributed by atoms with van der Waals surface area (Å²) >= 11 is 6.08. The number of carbonyl (C=O) groups excluding carboxylic acids is 1. The molecule has 6 rings (SSSR count). The maximum absolute atomic E-state index is 12.7. The summed E-state index contributed by atoms with van der Waals surface area (Å²) in [4.78, 5) is 21.6. The van der Waals surface area contributed by atoms with Gasteiger partial charge in [0.25, 0.3) is 0 Å². The average molecular weight is 484 g/mol. The number of hydrogen-bond donors (Lipinski definition) is 1. The molecule has 2 saturated carbocycles. The van der Waals surface area contributed by atoms with Crippen molar-refractivity contribution in [1.82, 2.24) is 14.4 Å². The largest absolute Gasteiger partial charge is 0.487 e. The van der Waals surface area contributed by atoms with Crippen molar-refractivity contribution in [2.24, 2.45) is 5.92 Å². The zero-order valence-corrected chi connectivity index (χ0v) is 19.6. The molecule has 2 aliphatic carbocycles. The summed E-state index contributed by atoms with van der Waals surface area (Å²) in [5.41, 5.74) is 4.20. The van der Waals surface area contributed by atoms with E-state index in [1.54, 1.807) is 18.3 Å². The van der Waals surface area contributed by atoms with Crippen LogP contribution >= 0.6 is 11.6 Å². The standard InChI is InChI=1S/C27H22ClN5O2/c28-20-3-1-2-17(9-20)23-11-24(23)27(34)32-25-10-22(6-7-30-25)35-15-21-14-33-13-19(16-4-5-16)8-18(12-29)26(33)31-21/h1-3,6-10,13-14,16,23-24H,4-5,11,15H2,(H,30,32,34). The van der Waals surface area contributed by atoms with Gasteiger partial charge in [0, 0.05) is 35.6 Å². The van der Waals surface area contributed by atoms with Gasteiger partial charge in [-0.3, -0.25) is 4.79 Å². The Kier molecular flexibility index (Phi) is 5.39. The lowest BCUT2D eigenvalue weighted by Gasteiger charge is -2.08. The lowest BCUT2D eigenvalue weighted by atomic mass is 10.1. The van der Waals surface area contributed by atoms with E-state index in [2.05, 4.69) is 27.6 Å². The predicted molar refractivity (Wildman–Crippen MR) is 131 cm³/mol. The van der Waals surface area contributed by atoms with E-state index < -0.39 is 0 Å². The normalized spacial score (nSPS) is 18.7. The number of hydrogen-bond acceptors (Lipinski definition) is 5. The minimum atomic E-state index is -0.0901. The Morgan fingerprint density at radius 3 is 2.89 bits per heavy atom. The van der Waals surface area contributed by atoms with Crippen LogP contribution in [0.5, 0.6) is 5.75 Å². The first-order valence-electron chi connectivity index (χ1n) is 11.6. The Morgan fingerprint density at radius 1 is 1.20 bits per heavy atom. The Bertz CT molecular complexity index is 1490. The Balaban J connectivity index is 1.10. The lowest BCUT2D eigenvalue weighted by Crippen LogP contribution is -2.15. The molecule has 2 atom stereocenters. The fourth-order valence-electron chi connectivity index (χ4n) is 4.50. The van der Waals surface area contributed by atoms with Gasteiger partial charge in [-0.05, 0) is 66.5 Å². The molecule has 2 unspecified atom stereocenters. The first-order valence-corrected chi connectivity index (χ1v) is 12.0. The molecule has 0 bridgehead atoms. The van der Waals surface area contributed by atoms with Crippen LogP contribution in [0.4, 0.5) is 5.82 Å². The van der Waals surface area contributed by atoms with E-state index >= 15 is 0 Å². The Labute approximate surface area is 207 Å². The molecule has 1 amide bonds. The molecule has 1 N–H and O–H groups in total. The molecule has 7 nitrogen and oxygen atoms in total. The van der Waals surface area contributed by atoms with Gasteiger partial charge in [0.05, 0.1) is 11.3 Å². The number of pyridine rings is 2. The van der Waals surface area contributed by atoms with Crippen molar-refractivity contribution in [1.29, 1.82) is 5.26 Å². The van der Waals surface area contributed by atoms with E-state index in [1.165, 1.54) is 18.4 Å². The SMILES string of the molecule is N#Cc1cc(C2CC2)cn2cc(COc3ccnc(NC(=O)C4CC4c4cccc(Cl)c4)c3)nc12. The highest BCUT2D eigenvalue weighted by molar-refractivity contribution is 6.30. The number of benzene rings is 1. The predicted octanol–water partition coefficient (Wildman–Crippen LogP) is 5.45. The van der Waals surface area contributed by atoms with Crippen molar-refractivity contribution in [2.75, 3.05) is 5.32 Å². The molecule has 1 aromatic carbocycles.